The summed E-state index contributed by atoms with van der Waals surface area (Å²) in [6.45, 7) is 4.26. The van der Waals surface area contributed by atoms with Gasteiger partial charge in [0, 0.05) is 25.7 Å². The van der Waals surface area contributed by atoms with Crippen molar-refractivity contribution in [2.45, 2.75) is 13.0 Å². The first-order chi connectivity index (χ1) is 8.69. The van der Waals surface area contributed by atoms with Crippen LogP contribution in [-0.2, 0) is 0 Å². The maximum absolute atomic E-state index is 12.0. The number of hydrogen-bond donors (Lipinski definition) is 2. The van der Waals surface area contributed by atoms with Crippen molar-refractivity contribution in [3.63, 3.8) is 0 Å². The predicted octanol–water partition coefficient (Wildman–Crippen LogP) is 0.311. The molecular formula is C11H17N5O2. The van der Waals surface area contributed by atoms with Gasteiger partial charge in [0.1, 0.15) is 0 Å². The van der Waals surface area contributed by atoms with Crippen LogP contribution in [0.2, 0.25) is 0 Å². The Bertz CT molecular complexity index is 408. The second kappa shape index (κ2) is 5.63. The third-order valence-corrected chi connectivity index (χ3v) is 2.72. The minimum atomic E-state index is -0.128. The number of ether oxygens (including phenoxy) is 1. The molecule has 1 aliphatic heterocycles. The summed E-state index contributed by atoms with van der Waals surface area (Å²) in [5.74, 6) is 0. The molecule has 0 radical (unpaired) electrons. The molecular weight excluding hydrogens is 234 g/mol. The number of methoxy groups -OCH3 is 1. The molecule has 98 valence electrons. The molecule has 1 aromatic heterocycles. The monoisotopic (exact) mass is 251 g/mol. The number of amides is 2. The van der Waals surface area contributed by atoms with Crippen molar-refractivity contribution in [1.82, 2.24) is 20.2 Å². The molecule has 0 aromatic carbocycles. The van der Waals surface area contributed by atoms with Gasteiger partial charge in [-0.15, -0.1) is 0 Å². The molecule has 18 heavy (non-hydrogen) atoms. The van der Waals surface area contributed by atoms with Gasteiger partial charge in [-0.2, -0.15) is 0 Å². The maximum atomic E-state index is 12.0. The van der Waals surface area contributed by atoms with Crippen LogP contribution in [0.4, 0.5) is 10.5 Å². The van der Waals surface area contributed by atoms with Crippen LogP contribution in [0.5, 0.6) is 6.01 Å². The van der Waals surface area contributed by atoms with E-state index in [1.165, 1.54) is 19.5 Å². The van der Waals surface area contributed by atoms with E-state index in [0.29, 0.717) is 24.8 Å². The molecule has 1 atom stereocenters. The molecule has 1 fully saturated rings. The first-order valence-corrected chi connectivity index (χ1v) is 5.84. The predicted molar refractivity (Wildman–Crippen MR) is 66.6 cm³/mol. The summed E-state index contributed by atoms with van der Waals surface area (Å²) in [6, 6.07) is 0.470. The van der Waals surface area contributed by atoms with Crippen LogP contribution in [0.3, 0.4) is 0 Å². The van der Waals surface area contributed by atoms with E-state index in [2.05, 4.69) is 27.5 Å². The fourth-order valence-electron chi connectivity index (χ4n) is 1.81. The second-order valence-corrected chi connectivity index (χ2v) is 4.19. The van der Waals surface area contributed by atoms with Gasteiger partial charge in [-0.3, -0.25) is 0 Å². The van der Waals surface area contributed by atoms with Gasteiger partial charge in [-0.05, 0) is 6.92 Å². The number of urea groups is 1. The molecule has 0 aliphatic carbocycles. The second-order valence-electron chi connectivity index (χ2n) is 4.19. The molecule has 2 amide bonds. The summed E-state index contributed by atoms with van der Waals surface area (Å²) in [7, 11) is 1.50. The third-order valence-electron chi connectivity index (χ3n) is 2.72. The van der Waals surface area contributed by atoms with Gasteiger partial charge in [-0.25, -0.2) is 14.8 Å². The molecule has 0 spiro atoms. The fourth-order valence-corrected chi connectivity index (χ4v) is 1.81. The van der Waals surface area contributed by atoms with E-state index in [0.717, 1.165) is 6.54 Å². The lowest BCUT2D eigenvalue weighted by atomic mass is 10.2. The van der Waals surface area contributed by atoms with Gasteiger partial charge < -0.3 is 20.3 Å². The highest BCUT2D eigenvalue weighted by molar-refractivity contribution is 5.89. The van der Waals surface area contributed by atoms with E-state index in [1.807, 2.05) is 0 Å². The number of piperazine rings is 1. The first-order valence-electron chi connectivity index (χ1n) is 5.84. The van der Waals surface area contributed by atoms with Crippen LogP contribution < -0.4 is 15.4 Å². The number of anilines is 1. The minimum Gasteiger partial charge on any atom is -0.467 e. The lowest BCUT2D eigenvalue weighted by molar-refractivity contribution is 0.192. The zero-order valence-corrected chi connectivity index (χ0v) is 10.5. The van der Waals surface area contributed by atoms with Crippen LogP contribution in [0.25, 0.3) is 0 Å². The molecule has 0 bridgehead atoms. The van der Waals surface area contributed by atoms with Crippen LogP contribution in [0.1, 0.15) is 6.92 Å². The zero-order chi connectivity index (χ0) is 13.0. The number of aromatic nitrogens is 2. The summed E-state index contributed by atoms with van der Waals surface area (Å²) >= 11 is 0. The van der Waals surface area contributed by atoms with Crippen molar-refractivity contribution in [2.75, 3.05) is 32.1 Å². The van der Waals surface area contributed by atoms with Crippen molar-refractivity contribution < 1.29 is 9.53 Å². The number of hydrogen-bond acceptors (Lipinski definition) is 5. The van der Waals surface area contributed by atoms with E-state index >= 15 is 0 Å². The molecule has 7 heteroatoms. The van der Waals surface area contributed by atoms with Gasteiger partial charge in [0.05, 0.1) is 25.2 Å². The van der Waals surface area contributed by atoms with E-state index in [4.69, 9.17) is 4.74 Å². The van der Waals surface area contributed by atoms with E-state index in [9.17, 15) is 4.79 Å². The van der Waals surface area contributed by atoms with Crippen LogP contribution in [0.15, 0.2) is 12.4 Å². The number of nitrogens with one attached hydrogen (secondary N) is 2. The highest BCUT2D eigenvalue weighted by atomic mass is 16.5. The van der Waals surface area contributed by atoms with Crippen molar-refractivity contribution in [2.24, 2.45) is 0 Å². The molecule has 7 nitrogen and oxygen atoms in total. The Balaban J connectivity index is 1.93. The van der Waals surface area contributed by atoms with Gasteiger partial charge in [0.2, 0.25) is 0 Å². The summed E-state index contributed by atoms with van der Waals surface area (Å²) in [6.07, 6.45) is 3.05. The Hall–Kier alpha value is -1.89. The summed E-state index contributed by atoms with van der Waals surface area (Å²) < 4.78 is 4.85. The smallest absolute Gasteiger partial charge is 0.322 e. The van der Waals surface area contributed by atoms with Crippen LogP contribution >= 0.6 is 0 Å². The SMILES string of the molecule is COc1ncc(NC(=O)N2CCNC(C)C2)cn1. The maximum Gasteiger partial charge on any atom is 0.322 e. The molecule has 1 saturated heterocycles. The molecule has 2 rings (SSSR count). The van der Waals surface area contributed by atoms with Crippen LogP contribution in [0, 0.1) is 0 Å². The first kappa shape index (κ1) is 12.6. The topological polar surface area (TPSA) is 79.4 Å². The van der Waals surface area contributed by atoms with Crippen molar-refractivity contribution in [1.29, 1.82) is 0 Å². The minimum absolute atomic E-state index is 0.128. The summed E-state index contributed by atoms with van der Waals surface area (Å²) in [5, 5.41) is 6.05. The Morgan fingerprint density at radius 2 is 2.28 bits per heavy atom. The van der Waals surface area contributed by atoms with Gasteiger partial charge in [0.25, 0.3) is 0 Å². The summed E-state index contributed by atoms with van der Waals surface area (Å²) in [4.78, 5) is 21.6. The molecule has 1 aliphatic rings. The van der Waals surface area contributed by atoms with E-state index in [-0.39, 0.29) is 12.0 Å². The van der Waals surface area contributed by atoms with Gasteiger partial charge in [0.15, 0.2) is 0 Å². The number of rotatable bonds is 2. The molecule has 1 aromatic rings. The number of carbonyl (C=O) groups excluding carboxylic acids is 1. The molecule has 2 N–H and O–H groups in total. The Labute approximate surface area is 106 Å². The number of nitrogens with zero attached hydrogens (tertiary/aromatic N) is 3. The van der Waals surface area contributed by atoms with E-state index < -0.39 is 0 Å². The lowest BCUT2D eigenvalue weighted by Gasteiger charge is -2.31. The fraction of sp³-hybridized carbons (Fsp3) is 0.545. The van der Waals surface area contributed by atoms with Crippen molar-refractivity contribution >= 4 is 11.7 Å². The molecule has 2 heterocycles. The average Bonchev–Trinajstić information content (AvgIpc) is 2.39. The van der Waals surface area contributed by atoms with Gasteiger partial charge >= 0.3 is 12.0 Å². The number of carbonyl (C=O) groups is 1. The standard InChI is InChI=1S/C11H17N5O2/c1-8-7-16(4-3-12-8)11(17)15-9-5-13-10(18-2)14-6-9/h5-6,8,12H,3-4,7H2,1-2H3,(H,15,17). The third kappa shape index (κ3) is 3.07. The normalized spacial score (nSPS) is 19.4. The quantitative estimate of drug-likeness (QED) is 0.791. The largest absolute Gasteiger partial charge is 0.467 e. The Morgan fingerprint density at radius 1 is 1.56 bits per heavy atom. The molecule has 1 unspecified atom stereocenters. The summed E-state index contributed by atoms with van der Waals surface area (Å²) in [5.41, 5.74) is 0.562. The Kier molecular flexibility index (Phi) is 3.93. The Morgan fingerprint density at radius 3 is 2.89 bits per heavy atom. The lowest BCUT2D eigenvalue weighted by Crippen LogP contribution is -2.52. The highest BCUT2D eigenvalue weighted by Crippen LogP contribution is 2.08. The average molecular weight is 251 g/mol. The van der Waals surface area contributed by atoms with Crippen molar-refractivity contribution in [3.8, 4) is 6.01 Å². The van der Waals surface area contributed by atoms with Crippen LogP contribution in [-0.4, -0.2) is 53.7 Å². The zero-order valence-electron chi connectivity index (χ0n) is 10.5. The van der Waals surface area contributed by atoms with Crippen molar-refractivity contribution in [3.05, 3.63) is 12.4 Å². The highest BCUT2D eigenvalue weighted by Gasteiger charge is 2.20. The van der Waals surface area contributed by atoms with E-state index in [1.54, 1.807) is 4.90 Å². The van der Waals surface area contributed by atoms with Gasteiger partial charge in [-0.1, -0.05) is 0 Å². The molecule has 0 saturated carbocycles.